The standard InChI is InChI=1S/C25H30N4O4/c1-18-7-9-20(10-8-18)26-25(32)27-23(19-5-3-2-4-6-19)24(31)28-13-11-21(12-14-28)29-15-16-33-17-22(29)30/h2-10,21,23H,11-17H2,1H3,(H2,26,27,32)/t23-/m1/s1. The lowest BCUT2D eigenvalue weighted by molar-refractivity contribution is -0.147. The van der Waals surface area contributed by atoms with Crippen LogP contribution in [0.5, 0.6) is 0 Å². The van der Waals surface area contributed by atoms with E-state index >= 15 is 0 Å². The minimum Gasteiger partial charge on any atom is -0.370 e. The van der Waals surface area contributed by atoms with Crippen molar-refractivity contribution in [3.8, 4) is 0 Å². The second-order valence-electron chi connectivity index (χ2n) is 8.50. The van der Waals surface area contributed by atoms with Gasteiger partial charge in [0.1, 0.15) is 12.6 Å². The van der Waals surface area contributed by atoms with Crippen LogP contribution in [0.3, 0.4) is 0 Å². The summed E-state index contributed by atoms with van der Waals surface area (Å²) in [5.74, 6) is -0.130. The molecule has 174 valence electrons. The van der Waals surface area contributed by atoms with Gasteiger partial charge in [-0.15, -0.1) is 0 Å². The molecule has 4 rings (SSSR count). The molecule has 2 aliphatic heterocycles. The highest BCUT2D eigenvalue weighted by Gasteiger charge is 2.34. The molecule has 2 N–H and O–H groups in total. The fraction of sp³-hybridized carbons (Fsp3) is 0.400. The van der Waals surface area contributed by atoms with E-state index in [4.69, 9.17) is 4.74 Å². The molecular weight excluding hydrogens is 420 g/mol. The Kier molecular flexibility index (Phi) is 7.24. The highest BCUT2D eigenvalue weighted by atomic mass is 16.5. The topological polar surface area (TPSA) is 91.0 Å². The molecule has 2 aromatic rings. The maximum absolute atomic E-state index is 13.5. The van der Waals surface area contributed by atoms with Crippen LogP contribution in [-0.2, 0) is 14.3 Å². The van der Waals surface area contributed by atoms with E-state index in [1.54, 1.807) is 4.90 Å². The van der Waals surface area contributed by atoms with E-state index in [0.717, 1.165) is 11.1 Å². The first-order chi connectivity index (χ1) is 16.0. The number of ether oxygens (including phenoxy) is 1. The van der Waals surface area contributed by atoms with Gasteiger partial charge in [0.25, 0.3) is 0 Å². The van der Waals surface area contributed by atoms with Gasteiger partial charge in [0.05, 0.1) is 6.61 Å². The number of nitrogens with one attached hydrogen (secondary N) is 2. The smallest absolute Gasteiger partial charge is 0.320 e. The van der Waals surface area contributed by atoms with Crippen molar-refractivity contribution in [3.05, 3.63) is 65.7 Å². The molecule has 0 radical (unpaired) electrons. The monoisotopic (exact) mass is 450 g/mol. The van der Waals surface area contributed by atoms with Gasteiger partial charge in [-0.25, -0.2) is 4.79 Å². The van der Waals surface area contributed by atoms with Crippen LogP contribution in [0.25, 0.3) is 0 Å². The zero-order chi connectivity index (χ0) is 23.2. The van der Waals surface area contributed by atoms with Crippen molar-refractivity contribution in [2.24, 2.45) is 0 Å². The highest BCUT2D eigenvalue weighted by molar-refractivity contribution is 5.94. The van der Waals surface area contributed by atoms with Gasteiger partial charge < -0.3 is 25.2 Å². The van der Waals surface area contributed by atoms with Crippen LogP contribution >= 0.6 is 0 Å². The van der Waals surface area contributed by atoms with E-state index in [1.165, 1.54) is 0 Å². The lowest BCUT2D eigenvalue weighted by atomic mass is 10.00. The third-order valence-corrected chi connectivity index (χ3v) is 6.20. The van der Waals surface area contributed by atoms with Crippen molar-refractivity contribution < 1.29 is 19.1 Å². The Morgan fingerprint density at radius 2 is 1.70 bits per heavy atom. The van der Waals surface area contributed by atoms with Crippen LogP contribution in [0.1, 0.15) is 30.0 Å². The minimum atomic E-state index is -0.793. The van der Waals surface area contributed by atoms with Gasteiger partial charge in [0.15, 0.2) is 0 Å². The second-order valence-corrected chi connectivity index (χ2v) is 8.50. The average Bonchev–Trinajstić information content (AvgIpc) is 2.84. The Labute approximate surface area is 193 Å². The summed E-state index contributed by atoms with van der Waals surface area (Å²) in [6.45, 7) is 4.35. The van der Waals surface area contributed by atoms with Crippen LogP contribution < -0.4 is 10.6 Å². The molecule has 0 aromatic heterocycles. The molecule has 2 heterocycles. The zero-order valence-corrected chi connectivity index (χ0v) is 18.8. The summed E-state index contributed by atoms with van der Waals surface area (Å²) in [7, 11) is 0. The fourth-order valence-electron chi connectivity index (χ4n) is 4.36. The van der Waals surface area contributed by atoms with Gasteiger partial charge in [0, 0.05) is 31.4 Å². The average molecular weight is 451 g/mol. The van der Waals surface area contributed by atoms with Crippen molar-refractivity contribution >= 4 is 23.5 Å². The van der Waals surface area contributed by atoms with E-state index in [2.05, 4.69) is 10.6 Å². The fourth-order valence-corrected chi connectivity index (χ4v) is 4.36. The van der Waals surface area contributed by atoms with E-state index in [9.17, 15) is 14.4 Å². The number of morpholine rings is 1. The molecule has 0 aliphatic carbocycles. The van der Waals surface area contributed by atoms with Crippen LogP contribution in [0, 0.1) is 6.92 Å². The summed E-state index contributed by atoms with van der Waals surface area (Å²) in [6.07, 6.45) is 1.43. The quantitative estimate of drug-likeness (QED) is 0.733. The van der Waals surface area contributed by atoms with Crippen molar-refractivity contribution in [1.29, 1.82) is 0 Å². The van der Waals surface area contributed by atoms with Crippen molar-refractivity contribution in [1.82, 2.24) is 15.1 Å². The van der Waals surface area contributed by atoms with Crippen LogP contribution in [0.15, 0.2) is 54.6 Å². The van der Waals surface area contributed by atoms with Crippen LogP contribution in [0.2, 0.25) is 0 Å². The number of nitrogens with zero attached hydrogens (tertiary/aromatic N) is 2. The summed E-state index contributed by atoms with van der Waals surface area (Å²) >= 11 is 0. The molecule has 8 nitrogen and oxygen atoms in total. The number of piperidine rings is 1. The summed E-state index contributed by atoms with van der Waals surface area (Å²) in [5, 5.41) is 5.66. The van der Waals surface area contributed by atoms with E-state index in [-0.39, 0.29) is 24.5 Å². The predicted molar refractivity (Wildman–Crippen MR) is 125 cm³/mol. The Morgan fingerprint density at radius 1 is 1.00 bits per heavy atom. The third kappa shape index (κ3) is 5.70. The number of hydrogen-bond acceptors (Lipinski definition) is 4. The Morgan fingerprint density at radius 3 is 2.36 bits per heavy atom. The van der Waals surface area contributed by atoms with Gasteiger partial charge in [-0.05, 0) is 37.5 Å². The molecule has 0 saturated carbocycles. The number of amides is 4. The first kappa shape index (κ1) is 22.8. The minimum absolute atomic E-state index is 0.0163. The predicted octanol–water partition coefficient (Wildman–Crippen LogP) is 2.71. The van der Waals surface area contributed by atoms with Gasteiger partial charge in [-0.1, -0.05) is 48.0 Å². The summed E-state index contributed by atoms with van der Waals surface area (Å²) in [5.41, 5.74) is 2.49. The molecule has 0 spiro atoms. The highest BCUT2D eigenvalue weighted by Crippen LogP contribution is 2.23. The summed E-state index contributed by atoms with van der Waals surface area (Å²) in [6, 6.07) is 15.6. The number of carbonyl (C=O) groups is 3. The molecule has 2 aliphatic rings. The Balaban J connectivity index is 1.41. The molecule has 2 fully saturated rings. The molecule has 4 amide bonds. The maximum atomic E-state index is 13.5. The number of benzene rings is 2. The summed E-state index contributed by atoms with van der Waals surface area (Å²) in [4.78, 5) is 42.0. The van der Waals surface area contributed by atoms with Crippen molar-refractivity contribution in [2.75, 3.05) is 38.2 Å². The number of hydrogen-bond donors (Lipinski definition) is 2. The molecule has 8 heteroatoms. The number of likely N-dealkylation sites (tertiary alicyclic amines) is 1. The van der Waals surface area contributed by atoms with Crippen molar-refractivity contribution in [2.45, 2.75) is 31.8 Å². The van der Waals surface area contributed by atoms with E-state index in [0.29, 0.717) is 44.8 Å². The lowest BCUT2D eigenvalue weighted by Crippen LogP contribution is -2.54. The number of urea groups is 1. The molecule has 0 bridgehead atoms. The second kappa shape index (κ2) is 10.5. The van der Waals surface area contributed by atoms with E-state index in [1.807, 2.05) is 66.4 Å². The Bertz CT molecular complexity index is 972. The van der Waals surface area contributed by atoms with Gasteiger partial charge in [-0.2, -0.15) is 0 Å². The molecule has 0 unspecified atom stereocenters. The zero-order valence-electron chi connectivity index (χ0n) is 18.8. The number of carbonyl (C=O) groups excluding carboxylic acids is 3. The normalized spacial score (nSPS) is 18.0. The SMILES string of the molecule is Cc1ccc(NC(=O)N[C@@H](C(=O)N2CCC(N3CCOCC3=O)CC2)c2ccccc2)cc1. The largest absolute Gasteiger partial charge is 0.370 e. The van der Waals surface area contributed by atoms with Gasteiger partial charge >= 0.3 is 6.03 Å². The van der Waals surface area contributed by atoms with E-state index < -0.39 is 12.1 Å². The molecule has 1 atom stereocenters. The molecule has 2 saturated heterocycles. The molecule has 2 aromatic carbocycles. The van der Waals surface area contributed by atoms with Crippen LogP contribution in [0.4, 0.5) is 10.5 Å². The molecular formula is C25H30N4O4. The van der Waals surface area contributed by atoms with Gasteiger partial charge in [0.2, 0.25) is 11.8 Å². The number of rotatable bonds is 5. The van der Waals surface area contributed by atoms with Crippen LogP contribution in [-0.4, -0.2) is 66.5 Å². The Hall–Kier alpha value is -3.39. The third-order valence-electron chi connectivity index (χ3n) is 6.20. The number of anilines is 1. The first-order valence-electron chi connectivity index (χ1n) is 11.4. The molecule has 33 heavy (non-hydrogen) atoms. The van der Waals surface area contributed by atoms with Gasteiger partial charge in [-0.3, -0.25) is 9.59 Å². The number of aryl methyl sites for hydroxylation is 1. The van der Waals surface area contributed by atoms with Crippen molar-refractivity contribution in [3.63, 3.8) is 0 Å². The summed E-state index contributed by atoms with van der Waals surface area (Å²) < 4.78 is 5.23. The first-order valence-corrected chi connectivity index (χ1v) is 11.4. The lowest BCUT2D eigenvalue weighted by Gasteiger charge is -2.40. The maximum Gasteiger partial charge on any atom is 0.320 e.